The van der Waals surface area contributed by atoms with Crippen molar-refractivity contribution in [2.45, 2.75) is 18.8 Å². The molecule has 1 amide bonds. The van der Waals surface area contributed by atoms with Crippen molar-refractivity contribution in [3.63, 3.8) is 0 Å². The number of benzene rings is 1. The molecule has 1 saturated heterocycles. The number of aliphatic hydroxyl groups is 1. The minimum Gasteiger partial charge on any atom is -0.392 e. The third-order valence-corrected chi connectivity index (χ3v) is 4.87. The Kier molecular flexibility index (Phi) is 3.32. The number of halogens is 1. The van der Waals surface area contributed by atoms with E-state index in [1.807, 2.05) is 46.0 Å². The van der Waals surface area contributed by atoms with E-state index >= 15 is 0 Å². The number of rotatable bonds is 2. The molecule has 0 aliphatic carbocycles. The van der Waals surface area contributed by atoms with Crippen LogP contribution in [-0.2, 0) is 6.61 Å². The van der Waals surface area contributed by atoms with Gasteiger partial charge in [0.05, 0.1) is 12.6 Å². The zero-order valence-corrected chi connectivity index (χ0v) is 13.5. The van der Waals surface area contributed by atoms with Crippen molar-refractivity contribution in [1.82, 2.24) is 14.8 Å². The van der Waals surface area contributed by atoms with E-state index in [2.05, 4.69) is 21.2 Å². The van der Waals surface area contributed by atoms with Crippen LogP contribution in [0.4, 0.5) is 0 Å². The summed E-state index contributed by atoms with van der Waals surface area (Å²) in [5.41, 5.74) is 2.72. The first-order chi connectivity index (χ1) is 10.7. The SMILES string of the molecule is O=C1c2cc(Br)cn2C(c2ccc(CO)cc2)C2NCCN12. The van der Waals surface area contributed by atoms with Crippen molar-refractivity contribution in [2.75, 3.05) is 13.1 Å². The van der Waals surface area contributed by atoms with Crippen molar-refractivity contribution in [1.29, 1.82) is 0 Å². The Morgan fingerprint density at radius 2 is 2.09 bits per heavy atom. The molecule has 2 atom stereocenters. The fourth-order valence-corrected chi connectivity index (χ4v) is 3.84. The maximum Gasteiger partial charge on any atom is 0.271 e. The van der Waals surface area contributed by atoms with Gasteiger partial charge in [0, 0.05) is 23.8 Å². The summed E-state index contributed by atoms with van der Waals surface area (Å²) in [5, 5.41) is 12.6. The Morgan fingerprint density at radius 1 is 1.32 bits per heavy atom. The molecule has 5 nitrogen and oxygen atoms in total. The number of hydrogen-bond acceptors (Lipinski definition) is 3. The molecule has 0 saturated carbocycles. The number of fused-ring (bicyclic) bond motifs is 2. The Bertz CT molecular complexity index is 725. The van der Waals surface area contributed by atoms with Gasteiger partial charge in [-0.05, 0) is 33.1 Å². The van der Waals surface area contributed by atoms with E-state index in [1.54, 1.807) is 0 Å². The van der Waals surface area contributed by atoms with E-state index in [-0.39, 0.29) is 24.7 Å². The summed E-state index contributed by atoms with van der Waals surface area (Å²) >= 11 is 3.48. The first-order valence-electron chi connectivity index (χ1n) is 7.30. The van der Waals surface area contributed by atoms with Crippen LogP contribution in [0.5, 0.6) is 0 Å². The van der Waals surface area contributed by atoms with Gasteiger partial charge in [0.2, 0.25) is 0 Å². The first-order valence-corrected chi connectivity index (χ1v) is 8.10. The number of nitrogens with zero attached hydrogens (tertiary/aromatic N) is 2. The van der Waals surface area contributed by atoms with Crippen LogP contribution in [0.15, 0.2) is 41.0 Å². The average Bonchev–Trinajstić information content (AvgIpc) is 3.15. The number of carbonyl (C=O) groups is 1. The van der Waals surface area contributed by atoms with Gasteiger partial charge in [-0.25, -0.2) is 0 Å². The van der Waals surface area contributed by atoms with Crippen LogP contribution in [0.3, 0.4) is 0 Å². The Balaban J connectivity index is 1.84. The molecule has 0 spiro atoms. The summed E-state index contributed by atoms with van der Waals surface area (Å²) < 4.78 is 2.95. The summed E-state index contributed by atoms with van der Waals surface area (Å²) in [6, 6.07) is 9.84. The Hall–Kier alpha value is -1.63. The standard InChI is InChI=1S/C16H16BrN3O2/c17-12-7-13-16(22)19-6-5-18-15(19)14(20(13)8-12)11-3-1-10(9-21)2-4-11/h1-4,7-8,14-15,18,21H,5-6,9H2. The van der Waals surface area contributed by atoms with Gasteiger partial charge in [0.1, 0.15) is 11.9 Å². The zero-order valence-electron chi connectivity index (χ0n) is 11.9. The lowest BCUT2D eigenvalue weighted by atomic mass is 9.99. The minimum absolute atomic E-state index is 0.0284. The molecular formula is C16H16BrN3O2. The molecule has 1 aromatic heterocycles. The predicted molar refractivity (Wildman–Crippen MR) is 85.5 cm³/mol. The van der Waals surface area contributed by atoms with E-state index < -0.39 is 0 Å². The van der Waals surface area contributed by atoms with Crippen molar-refractivity contribution in [3.05, 3.63) is 57.8 Å². The van der Waals surface area contributed by atoms with Gasteiger partial charge in [0.25, 0.3) is 5.91 Å². The molecule has 2 aromatic rings. The fourth-order valence-electron chi connectivity index (χ4n) is 3.40. The van der Waals surface area contributed by atoms with Crippen LogP contribution in [0.2, 0.25) is 0 Å². The van der Waals surface area contributed by atoms with Crippen LogP contribution >= 0.6 is 15.9 Å². The van der Waals surface area contributed by atoms with Gasteiger partial charge in [0.15, 0.2) is 0 Å². The second-order valence-corrected chi connectivity index (χ2v) is 6.61. The first kappa shape index (κ1) is 14.0. The maximum atomic E-state index is 12.6. The van der Waals surface area contributed by atoms with Crippen molar-refractivity contribution in [3.8, 4) is 0 Å². The molecular weight excluding hydrogens is 346 g/mol. The molecule has 2 aliphatic heterocycles. The predicted octanol–water partition coefficient (Wildman–Crippen LogP) is 1.72. The van der Waals surface area contributed by atoms with Gasteiger partial charge in [-0.1, -0.05) is 24.3 Å². The van der Waals surface area contributed by atoms with E-state index in [0.29, 0.717) is 5.69 Å². The third-order valence-electron chi connectivity index (χ3n) is 4.44. The van der Waals surface area contributed by atoms with Crippen LogP contribution < -0.4 is 5.32 Å². The molecule has 2 aliphatic rings. The highest BCUT2D eigenvalue weighted by atomic mass is 79.9. The number of aromatic nitrogens is 1. The van der Waals surface area contributed by atoms with Crippen LogP contribution in [-0.4, -0.2) is 39.7 Å². The lowest BCUT2D eigenvalue weighted by Crippen LogP contribution is -2.51. The van der Waals surface area contributed by atoms with E-state index in [0.717, 1.165) is 28.7 Å². The largest absolute Gasteiger partial charge is 0.392 e. The lowest BCUT2D eigenvalue weighted by Gasteiger charge is -2.38. The molecule has 22 heavy (non-hydrogen) atoms. The number of amides is 1. The van der Waals surface area contributed by atoms with Crippen molar-refractivity contribution >= 4 is 21.8 Å². The molecule has 3 heterocycles. The molecule has 1 fully saturated rings. The zero-order chi connectivity index (χ0) is 15.3. The normalized spacial score (nSPS) is 23.5. The summed E-state index contributed by atoms with van der Waals surface area (Å²) in [6.07, 6.45) is 1.94. The molecule has 1 aromatic carbocycles. The van der Waals surface area contributed by atoms with Gasteiger partial charge >= 0.3 is 0 Å². The van der Waals surface area contributed by atoms with Gasteiger partial charge in [-0.3, -0.25) is 10.1 Å². The van der Waals surface area contributed by atoms with Gasteiger partial charge in [-0.15, -0.1) is 0 Å². The van der Waals surface area contributed by atoms with Crippen LogP contribution in [0.25, 0.3) is 0 Å². The quantitative estimate of drug-likeness (QED) is 0.856. The molecule has 0 radical (unpaired) electrons. The topological polar surface area (TPSA) is 57.5 Å². The highest BCUT2D eigenvalue weighted by Crippen LogP contribution is 2.35. The highest BCUT2D eigenvalue weighted by molar-refractivity contribution is 9.10. The average molecular weight is 362 g/mol. The number of nitrogens with one attached hydrogen (secondary N) is 1. The minimum atomic E-state index is -0.0284. The summed E-state index contributed by atoms with van der Waals surface area (Å²) in [4.78, 5) is 14.5. The van der Waals surface area contributed by atoms with Gasteiger partial charge in [-0.2, -0.15) is 0 Å². The molecule has 114 valence electrons. The number of aliphatic hydroxyl groups excluding tert-OH is 1. The molecule has 6 heteroatoms. The van der Waals surface area contributed by atoms with Crippen LogP contribution in [0.1, 0.15) is 27.7 Å². The van der Waals surface area contributed by atoms with E-state index in [9.17, 15) is 9.90 Å². The maximum absolute atomic E-state index is 12.6. The fraction of sp³-hybridized carbons (Fsp3) is 0.312. The smallest absolute Gasteiger partial charge is 0.271 e. The van der Waals surface area contributed by atoms with Crippen molar-refractivity contribution in [2.24, 2.45) is 0 Å². The summed E-state index contributed by atoms with van der Waals surface area (Å²) in [6.45, 7) is 1.59. The lowest BCUT2D eigenvalue weighted by molar-refractivity contribution is 0.0623. The highest BCUT2D eigenvalue weighted by Gasteiger charge is 2.42. The van der Waals surface area contributed by atoms with Crippen LogP contribution in [0, 0.1) is 0 Å². The van der Waals surface area contributed by atoms with E-state index in [4.69, 9.17) is 0 Å². The summed E-state index contributed by atoms with van der Waals surface area (Å²) in [5.74, 6) is 0.0731. The Labute approximate surface area is 136 Å². The Morgan fingerprint density at radius 3 is 2.82 bits per heavy atom. The molecule has 0 bridgehead atoms. The third kappa shape index (κ3) is 2.02. The number of hydrogen-bond donors (Lipinski definition) is 2. The molecule has 4 rings (SSSR count). The van der Waals surface area contributed by atoms with Crippen molar-refractivity contribution < 1.29 is 9.90 Å². The van der Waals surface area contributed by atoms with Gasteiger partial charge < -0.3 is 14.6 Å². The second-order valence-electron chi connectivity index (χ2n) is 5.69. The molecule has 2 N–H and O–H groups in total. The second kappa shape index (κ2) is 5.22. The van der Waals surface area contributed by atoms with E-state index in [1.165, 1.54) is 0 Å². The number of carbonyl (C=O) groups excluding carboxylic acids is 1. The summed E-state index contributed by atoms with van der Waals surface area (Å²) in [7, 11) is 0. The molecule has 2 unspecified atom stereocenters. The monoisotopic (exact) mass is 361 g/mol.